The van der Waals surface area contributed by atoms with Crippen molar-refractivity contribution >= 4 is 5.91 Å². The van der Waals surface area contributed by atoms with Gasteiger partial charge in [0.2, 0.25) is 5.91 Å². The third-order valence-corrected chi connectivity index (χ3v) is 3.54. The predicted molar refractivity (Wildman–Crippen MR) is 66.7 cm³/mol. The van der Waals surface area contributed by atoms with Gasteiger partial charge in [-0.1, -0.05) is 30.3 Å². The molecule has 1 heterocycles. The maximum atomic E-state index is 12.3. The van der Waals surface area contributed by atoms with E-state index in [2.05, 4.69) is 0 Å². The molecule has 1 saturated heterocycles. The standard InChI is InChI=1S/C14H19NO2/c1-11(12-6-3-2-4-7-12)14(17)15-9-5-8-13(15)10-16/h2-4,6-7,11,13,16H,5,8-10H2,1H3/t11?,13-/m1/s1. The summed E-state index contributed by atoms with van der Waals surface area (Å²) in [7, 11) is 0. The van der Waals surface area contributed by atoms with Gasteiger partial charge in [0.1, 0.15) is 0 Å². The summed E-state index contributed by atoms with van der Waals surface area (Å²) < 4.78 is 0. The summed E-state index contributed by atoms with van der Waals surface area (Å²) in [6.45, 7) is 2.79. The van der Waals surface area contributed by atoms with Gasteiger partial charge in [-0.2, -0.15) is 0 Å². The minimum atomic E-state index is -0.122. The number of benzene rings is 1. The van der Waals surface area contributed by atoms with Gasteiger partial charge in [0.25, 0.3) is 0 Å². The summed E-state index contributed by atoms with van der Waals surface area (Å²) in [5.74, 6) is 0.0103. The Morgan fingerprint density at radius 1 is 1.47 bits per heavy atom. The van der Waals surface area contributed by atoms with Crippen LogP contribution in [-0.4, -0.2) is 35.1 Å². The van der Waals surface area contributed by atoms with E-state index in [0.29, 0.717) is 0 Å². The highest BCUT2D eigenvalue weighted by Crippen LogP contribution is 2.24. The van der Waals surface area contributed by atoms with Gasteiger partial charge >= 0.3 is 0 Å². The number of aliphatic hydroxyl groups excluding tert-OH is 1. The van der Waals surface area contributed by atoms with Crippen LogP contribution in [0.5, 0.6) is 0 Å². The van der Waals surface area contributed by atoms with Gasteiger partial charge < -0.3 is 10.0 Å². The van der Waals surface area contributed by atoms with Gasteiger partial charge in [-0.3, -0.25) is 4.79 Å². The highest BCUT2D eigenvalue weighted by atomic mass is 16.3. The Bertz CT molecular complexity index is 377. The summed E-state index contributed by atoms with van der Waals surface area (Å²) in [4.78, 5) is 14.2. The predicted octanol–water partition coefficient (Wildman–Crippen LogP) is 1.77. The zero-order valence-corrected chi connectivity index (χ0v) is 10.2. The summed E-state index contributed by atoms with van der Waals surface area (Å²) >= 11 is 0. The summed E-state index contributed by atoms with van der Waals surface area (Å²) in [6.07, 6.45) is 1.92. The van der Waals surface area contributed by atoms with Gasteiger partial charge in [0, 0.05) is 6.54 Å². The van der Waals surface area contributed by atoms with Gasteiger partial charge in [-0.15, -0.1) is 0 Å². The smallest absolute Gasteiger partial charge is 0.230 e. The summed E-state index contributed by atoms with van der Waals surface area (Å²) in [5, 5.41) is 9.24. The van der Waals surface area contributed by atoms with Crippen LogP contribution in [0.15, 0.2) is 30.3 Å². The van der Waals surface area contributed by atoms with Gasteiger partial charge in [-0.05, 0) is 25.3 Å². The second kappa shape index (κ2) is 5.32. The first kappa shape index (κ1) is 12.1. The van der Waals surface area contributed by atoms with Crippen LogP contribution in [-0.2, 0) is 4.79 Å². The van der Waals surface area contributed by atoms with E-state index in [9.17, 15) is 9.90 Å². The highest BCUT2D eigenvalue weighted by Gasteiger charge is 2.31. The van der Waals surface area contributed by atoms with Crippen molar-refractivity contribution in [2.24, 2.45) is 0 Å². The first-order valence-corrected chi connectivity index (χ1v) is 6.20. The quantitative estimate of drug-likeness (QED) is 0.864. The van der Waals surface area contributed by atoms with Crippen LogP contribution in [0.4, 0.5) is 0 Å². The number of hydrogen-bond donors (Lipinski definition) is 1. The largest absolute Gasteiger partial charge is 0.394 e. The molecule has 0 spiro atoms. The lowest BCUT2D eigenvalue weighted by Crippen LogP contribution is -2.39. The number of aliphatic hydroxyl groups is 1. The van der Waals surface area contributed by atoms with E-state index in [1.165, 1.54) is 0 Å². The van der Waals surface area contributed by atoms with Crippen LogP contribution in [0.3, 0.4) is 0 Å². The Labute approximate surface area is 102 Å². The molecule has 0 aromatic heterocycles. The molecule has 17 heavy (non-hydrogen) atoms. The highest BCUT2D eigenvalue weighted by molar-refractivity contribution is 5.83. The molecule has 0 radical (unpaired) electrons. The average molecular weight is 233 g/mol. The summed E-state index contributed by atoms with van der Waals surface area (Å²) in [5.41, 5.74) is 1.04. The van der Waals surface area contributed by atoms with Crippen molar-refractivity contribution in [2.75, 3.05) is 13.2 Å². The van der Waals surface area contributed by atoms with E-state index in [1.807, 2.05) is 42.2 Å². The molecular formula is C14H19NO2. The first-order chi connectivity index (χ1) is 8.24. The molecule has 1 N–H and O–H groups in total. The van der Waals surface area contributed by atoms with Crippen molar-refractivity contribution in [3.8, 4) is 0 Å². The Hall–Kier alpha value is -1.35. The van der Waals surface area contributed by atoms with Crippen LogP contribution in [0.1, 0.15) is 31.2 Å². The second-order valence-electron chi connectivity index (χ2n) is 4.64. The maximum Gasteiger partial charge on any atom is 0.230 e. The van der Waals surface area contributed by atoms with E-state index < -0.39 is 0 Å². The van der Waals surface area contributed by atoms with Crippen LogP contribution < -0.4 is 0 Å². The minimum absolute atomic E-state index is 0.0219. The monoisotopic (exact) mass is 233 g/mol. The molecule has 0 aliphatic carbocycles. The number of nitrogens with zero attached hydrogens (tertiary/aromatic N) is 1. The minimum Gasteiger partial charge on any atom is -0.394 e. The third-order valence-electron chi connectivity index (χ3n) is 3.54. The van der Waals surface area contributed by atoms with Crippen molar-refractivity contribution in [2.45, 2.75) is 31.7 Å². The molecule has 1 amide bonds. The first-order valence-electron chi connectivity index (χ1n) is 6.20. The number of carbonyl (C=O) groups is 1. The fourth-order valence-corrected chi connectivity index (χ4v) is 2.45. The number of amides is 1. The Morgan fingerprint density at radius 2 is 2.18 bits per heavy atom. The molecule has 92 valence electrons. The molecule has 1 aliphatic heterocycles. The van der Waals surface area contributed by atoms with Gasteiger partial charge in [0.15, 0.2) is 0 Å². The lowest BCUT2D eigenvalue weighted by Gasteiger charge is -2.26. The summed E-state index contributed by atoms with van der Waals surface area (Å²) in [6, 6.07) is 9.83. The van der Waals surface area contributed by atoms with Crippen LogP contribution >= 0.6 is 0 Å². The number of carbonyl (C=O) groups excluding carboxylic acids is 1. The van der Waals surface area contributed by atoms with E-state index in [0.717, 1.165) is 24.9 Å². The topological polar surface area (TPSA) is 40.5 Å². The molecule has 1 aromatic carbocycles. The fraction of sp³-hybridized carbons (Fsp3) is 0.500. The zero-order valence-electron chi connectivity index (χ0n) is 10.2. The molecule has 1 aliphatic rings. The van der Waals surface area contributed by atoms with E-state index in [1.54, 1.807) is 0 Å². The van der Waals surface area contributed by atoms with E-state index in [-0.39, 0.29) is 24.5 Å². The number of rotatable bonds is 3. The van der Waals surface area contributed by atoms with Crippen molar-refractivity contribution in [1.82, 2.24) is 4.90 Å². The lowest BCUT2D eigenvalue weighted by molar-refractivity contribution is -0.133. The maximum absolute atomic E-state index is 12.3. The van der Waals surface area contributed by atoms with Crippen molar-refractivity contribution in [1.29, 1.82) is 0 Å². The molecule has 3 nitrogen and oxygen atoms in total. The van der Waals surface area contributed by atoms with Crippen LogP contribution in [0, 0.1) is 0 Å². The SMILES string of the molecule is CC(C(=O)N1CCC[C@@H]1CO)c1ccccc1. The van der Waals surface area contributed by atoms with Crippen LogP contribution in [0.25, 0.3) is 0 Å². The molecule has 1 unspecified atom stereocenters. The molecule has 0 saturated carbocycles. The zero-order chi connectivity index (χ0) is 12.3. The number of likely N-dealkylation sites (tertiary alicyclic amines) is 1. The van der Waals surface area contributed by atoms with E-state index in [4.69, 9.17) is 0 Å². The van der Waals surface area contributed by atoms with Gasteiger partial charge in [0.05, 0.1) is 18.6 Å². The molecule has 3 heteroatoms. The molecular weight excluding hydrogens is 214 g/mol. The van der Waals surface area contributed by atoms with Crippen molar-refractivity contribution < 1.29 is 9.90 Å². The van der Waals surface area contributed by atoms with Crippen molar-refractivity contribution in [3.63, 3.8) is 0 Å². The Kier molecular flexibility index (Phi) is 3.79. The lowest BCUT2D eigenvalue weighted by atomic mass is 9.99. The molecule has 1 fully saturated rings. The molecule has 0 bridgehead atoms. The molecule has 1 aromatic rings. The Morgan fingerprint density at radius 3 is 2.82 bits per heavy atom. The van der Waals surface area contributed by atoms with Crippen molar-refractivity contribution in [3.05, 3.63) is 35.9 Å². The van der Waals surface area contributed by atoms with Crippen LogP contribution in [0.2, 0.25) is 0 Å². The van der Waals surface area contributed by atoms with Gasteiger partial charge in [-0.25, -0.2) is 0 Å². The Balaban J connectivity index is 2.10. The number of hydrogen-bond acceptors (Lipinski definition) is 2. The molecule has 2 atom stereocenters. The normalized spacial score (nSPS) is 21.5. The van der Waals surface area contributed by atoms with E-state index >= 15 is 0 Å². The third kappa shape index (κ3) is 2.50. The fourth-order valence-electron chi connectivity index (χ4n) is 2.45. The second-order valence-corrected chi connectivity index (χ2v) is 4.64. The average Bonchev–Trinajstić information content (AvgIpc) is 2.86. The molecule has 2 rings (SSSR count).